The Balaban J connectivity index is 0. The van der Waals surface area contributed by atoms with E-state index in [9.17, 15) is 12.8 Å². The van der Waals surface area contributed by atoms with Crippen LogP contribution in [0.15, 0.2) is 29.2 Å². The van der Waals surface area contributed by atoms with E-state index in [4.69, 9.17) is 0 Å². The fourth-order valence-corrected chi connectivity index (χ4v) is 1.86. The molecule has 0 atom stereocenters. The molecule has 6 heteroatoms. The van der Waals surface area contributed by atoms with Crippen LogP contribution in [0.25, 0.3) is 0 Å². The number of hydrogen-bond donors (Lipinski definition) is 0. The van der Waals surface area contributed by atoms with E-state index in [0.717, 1.165) is 6.07 Å². The Hall–Kier alpha value is 0.0600. The van der Waals surface area contributed by atoms with Crippen LogP contribution >= 0.6 is 0 Å². The molecule has 0 radical (unpaired) electrons. The van der Waals surface area contributed by atoms with Gasteiger partial charge in [0.15, 0.2) is 0 Å². The maximum Gasteiger partial charge on any atom is 1.00 e. The van der Waals surface area contributed by atoms with Crippen LogP contribution in [0.2, 0.25) is 0 Å². The van der Waals surface area contributed by atoms with Gasteiger partial charge in [0, 0.05) is 0 Å². The van der Waals surface area contributed by atoms with Crippen molar-refractivity contribution in [3.8, 4) is 0 Å². The molecule has 0 bridgehead atoms. The van der Waals surface area contributed by atoms with E-state index < -0.39 is 20.8 Å². The molecule has 0 spiro atoms. The average Bonchev–Trinajstić information content (AvgIpc) is 2.04. The normalized spacial score (nSPS) is 10.7. The standard InChI is InChI=1S/C8H9FO3S.Na.H/c1-2-12-13(10,11)8-6-4-3-5-7(8)9;;/h3-6H,2H2,1H3;;/q;+1;-1. The zero-order valence-corrected chi connectivity index (χ0v) is 10.8. The van der Waals surface area contributed by atoms with E-state index in [-0.39, 0.29) is 37.6 Å². The Bertz CT molecular complexity index is 397. The molecule has 0 aromatic heterocycles. The molecular weight excluding hydrogens is 218 g/mol. The number of benzene rings is 1. The summed E-state index contributed by atoms with van der Waals surface area (Å²) in [5.74, 6) is -0.795. The van der Waals surface area contributed by atoms with Gasteiger partial charge >= 0.3 is 29.6 Å². The van der Waals surface area contributed by atoms with Gasteiger partial charge in [0.25, 0.3) is 10.1 Å². The third-order valence-electron chi connectivity index (χ3n) is 1.38. The van der Waals surface area contributed by atoms with Crippen molar-refractivity contribution in [2.45, 2.75) is 11.8 Å². The Labute approximate surface area is 106 Å². The molecule has 0 amide bonds. The molecule has 0 heterocycles. The minimum Gasteiger partial charge on any atom is -1.00 e. The fourth-order valence-electron chi connectivity index (χ4n) is 0.866. The zero-order valence-electron chi connectivity index (χ0n) is 9.03. The van der Waals surface area contributed by atoms with Gasteiger partial charge in [-0.3, -0.25) is 4.18 Å². The van der Waals surface area contributed by atoms with E-state index in [1.54, 1.807) is 0 Å². The van der Waals surface area contributed by atoms with Crippen molar-refractivity contribution in [2.75, 3.05) is 6.61 Å². The molecule has 0 aliphatic rings. The van der Waals surface area contributed by atoms with Gasteiger partial charge in [0.05, 0.1) is 6.61 Å². The Morgan fingerprint density at radius 3 is 2.50 bits per heavy atom. The first-order chi connectivity index (χ1) is 6.08. The summed E-state index contributed by atoms with van der Waals surface area (Å²) in [6.45, 7) is 1.52. The fraction of sp³-hybridized carbons (Fsp3) is 0.250. The van der Waals surface area contributed by atoms with Crippen molar-refractivity contribution in [3.63, 3.8) is 0 Å². The van der Waals surface area contributed by atoms with Crippen LogP contribution in [0.3, 0.4) is 0 Å². The van der Waals surface area contributed by atoms with Gasteiger partial charge in [-0.2, -0.15) is 8.42 Å². The molecule has 0 saturated carbocycles. The summed E-state index contributed by atoms with van der Waals surface area (Å²) in [4.78, 5) is -0.420. The van der Waals surface area contributed by atoms with E-state index in [0.29, 0.717) is 0 Å². The second-order valence-corrected chi connectivity index (χ2v) is 3.87. The van der Waals surface area contributed by atoms with Crippen molar-refractivity contribution in [2.24, 2.45) is 0 Å². The van der Waals surface area contributed by atoms with Gasteiger partial charge in [0.1, 0.15) is 10.7 Å². The van der Waals surface area contributed by atoms with Gasteiger partial charge in [-0.1, -0.05) is 12.1 Å². The zero-order chi connectivity index (χ0) is 9.90. The average molecular weight is 228 g/mol. The van der Waals surface area contributed by atoms with E-state index in [2.05, 4.69) is 4.18 Å². The molecule has 0 saturated heterocycles. The quantitative estimate of drug-likeness (QED) is 0.475. The summed E-state index contributed by atoms with van der Waals surface area (Å²) in [6, 6.07) is 5.10. The second kappa shape index (κ2) is 5.82. The predicted octanol–water partition coefficient (Wildman–Crippen LogP) is -1.33. The van der Waals surface area contributed by atoms with Crippen LogP contribution in [0.1, 0.15) is 8.35 Å². The van der Waals surface area contributed by atoms with Gasteiger partial charge in [-0.05, 0) is 19.1 Å². The number of halogens is 1. The van der Waals surface area contributed by atoms with Crippen molar-refractivity contribution in [1.82, 2.24) is 0 Å². The molecule has 1 aromatic carbocycles. The Morgan fingerprint density at radius 1 is 1.43 bits per heavy atom. The summed E-state index contributed by atoms with van der Waals surface area (Å²) in [5.41, 5.74) is 0. The number of rotatable bonds is 3. The van der Waals surface area contributed by atoms with Crippen molar-refractivity contribution in [3.05, 3.63) is 30.1 Å². The first-order valence-electron chi connectivity index (χ1n) is 3.72. The van der Waals surface area contributed by atoms with Crippen molar-refractivity contribution >= 4 is 10.1 Å². The minimum atomic E-state index is -3.92. The summed E-state index contributed by atoms with van der Waals surface area (Å²) < 4.78 is 39.8. The minimum absolute atomic E-state index is 0. The van der Waals surface area contributed by atoms with Gasteiger partial charge in [-0.15, -0.1) is 0 Å². The Kier molecular flexibility index (Phi) is 5.85. The molecular formula is C8H10FNaO3S. The Morgan fingerprint density at radius 2 is 2.00 bits per heavy atom. The van der Waals surface area contributed by atoms with Crippen LogP contribution in [-0.2, 0) is 14.3 Å². The maximum absolute atomic E-state index is 12.9. The second-order valence-electron chi connectivity index (χ2n) is 2.29. The largest absolute Gasteiger partial charge is 1.00 e. The molecule has 3 nitrogen and oxygen atoms in total. The van der Waals surface area contributed by atoms with Gasteiger partial charge in [0.2, 0.25) is 0 Å². The summed E-state index contributed by atoms with van der Waals surface area (Å²) in [7, 11) is -3.92. The third kappa shape index (κ3) is 3.33. The van der Waals surface area contributed by atoms with Crippen LogP contribution in [0, 0.1) is 5.82 Å². The monoisotopic (exact) mass is 228 g/mol. The van der Waals surface area contributed by atoms with E-state index >= 15 is 0 Å². The SMILES string of the molecule is CCOS(=O)(=O)c1ccccc1F.[H-].[Na+]. The number of hydrogen-bond acceptors (Lipinski definition) is 3. The molecule has 74 valence electrons. The first-order valence-corrected chi connectivity index (χ1v) is 5.12. The molecule has 0 aliphatic carbocycles. The summed E-state index contributed by atoms with van der Waals surface area (Å²) in [6.07, 6.45) is 0. The molecule has 0 N–H and O–H groups in total. The molecule has 1 rings (SSSR count). The molecule has 0 aliphatic heterocycles. The third-order valence-corrected chi connectivity index (χ3v) is 2.79. The molecule has 1 aromatic rings. The molecule has 0 unspecified atom stereocenters. The van der Waals surface area contributed by atoms with Crippen molar-refractivity contribution in [1.29, 1.82) is 0 Å². The summed E-state index contributed by atoms with van der Waals surface area (Å²) >= 11 is 0. The topological polar surface area (TPSA) is 43.4 Å². The molecule has 0 fully saturated rings. The summed E-state index contributed by atoms with van der Waals surface area (Å²) in [5, 5.41) is 0. The van der Waals surface area contributed by atoms with Gasteiger partial charge < -0.3 is 1.43 Å². The smallest absolute Gasteiger partial charge is 1.00 e. The van der Waals surface area contributed by atoms with Crippen LogP contribution in [-0.4, -0.2) is 15.0 Å². The van der Waals surface area contributed by atoms with Crippen molar-refractivity contribution < 1.29 is 48.0 Å². The van der Waals surface area contributed by atoms with Crippen LogP contribution < -0.4 is 29.6 Å². The van der Waals surface area contributed by atoms with Gasteiger partial charge in [-0.25, -0.2) is 4.39 Å². The maximum atomic E-state index is 12.9. The van der Waals surface area contributed by atoms with E-state index in [1.807, 2.05) is 0 Å². The van der Waals surface area contributed by atoms with Crippen LogP contribution in [0.4, 0.5) is 4.39 Å². The first kappa shape index (κ1) is 14.1. The molecule has 14 heavy (non-hydrogen) atoms. The van der Waals surface area contributed by atoms with Crippen LogP contribution in [0.5, 0.6) is 0 Å². The predicted molar refractivity (Wildman–Crippen MR) is 46.3 cm³/mol. The van der Waals surface area contributed by atoms with E-state index in [1.165, 1.54) is 25.1 Å².